The van der Waals surface area contributed by atoms with E-state index < -0.39 is 21.5 Å². The number of carbonyl (C=O) groups excluding carboxylic acids is 1. The molecule has 10 nitrogen and oxygen atoms in total. The van der Waals surface area contributed by atoms with Crippen LogP contribution >= 0.6 is 0 Å². The first-order chi connectivity index (χ1) is 17.5. The molecule has 0 unspecified atom stereocenters. The van der Waals surface area contributed by atoms with Gasteiger partial charge in [0, 0.05) is 6.07 Å². The van der Waals surface area contributed by atoms with Gasteiger partial charge in [-0.2, -0.15) is 0 Å². The van der Waals surface area contributed by atoms with Crippen molar-refractivity contribution in [1.82, 2.24) is 0 Å². The van der Waals surface area contributed by atoms with E-state index in [9.17, 15) is 25.0 Å². The molecular formula is C27H26N2O8. The Kier molecular flexibility index (Phi) is 8.23. The molecule has 0 saturated carbocycles. The minimum absolute atomic E-state index is 0.165. The van der Waals surface area contributed by atoms with Crippen LogP contribution in [0.1, 0.15) is 37.5 Å². The summed E-state index contributed by atoms with van der Waals surface area (Å²) in [6, 6.07) is 15.6. The molecule has 0 N–H and O–H groups in total. The maximum Gasteiger partial charge on any atom is 0.349 e. The highest BCUT2D eigenvalue weighted by Gasteiger charge is 2.20. The van der Waals surface area contributed by atoms with Crippen LogP contribution in [0.4, 0.5) is 11.4 Å². The lowest BCUT2D eigenvalue weighted by Gasteiger charge is -2.22. The van der Waals surface area contributed by atoms with Crippen molar-refractivity contribution in [2.75, 3.05) is 13.7 Å². The second-order valence-corrected chi connectivity index (χ2v) is 9.01. The van der Waals surface area contributed by atoms with Crippen molar-refractivity contribution in [3.05, 3.63) is 97.6 Å². The lowest BCUT2D eigenvalue weighted by Crippen LogP contribution is -2.20. The van der Waals surface area contributed by atoms with E-state index >= 15 is 0 Å². The van der Waals surface area contributed by atoms with Crippen molar-refractivity contribution in [3.63, 3.8) is 0 Å². The van der Waals surface area contributed by atoms with Crippen molar-refractivity contribution >= 4 is 29.5 Å². The van der Waals surface area contributed by atoms with E-state index in [1.165, 1.54) is 31.4 Å². The minimum Gasteiger partial charge on any atom is -0.493 e. The standard InChI is InChI=1S/C27H26N2O8/c1-27(2,3)21-7-5-6-8-23(21)36-17-26(30)37-24-14-10-18(15-25(24)35-4)9-11-19-12-13-20(28(31)32)16-22(19)29(33)34/h5-16H,17H2,1-4H3. The fourth-order valence-electron chi connectivity index (χ4n) is 3.50. The lowest BCUT2D eigenvalue weighted by atomic mass is 9.86. The number of hydrogen-bond donors (Lipinski definition) is 0. The van der Waals surface area contributed by atoms with E-state index in [1.54, 1.807) is 24.3 Å². The molecule has 0 aromatic heterocycles. The van der Waals surface area contributed by atoms with Crippen LogP contribution in [-0.4, -0.2) is 29.5 Å². The van der Waals surface area contributed by atoms with Crippen LogP contribution in [0.5, 0.6) is 17.2 Å². The van der Waals surface area contributed by atoms with Crippen molar-refractivity contribution in [1.29, 1.82) is 0 Å². The van der Waals surface area contributed by atoms with Gasteiger partial charge in [0.15, 0.2) is 18.1 Å². The van der Waals surface area contributed by atoms with Crippen LogP contribution in [0.25, 0.3) is 12.2 Å². The molecule has 3 aromatic carbocycles. The normalized spacial score (nSPS) is 11.2. The Balaban J connectivity index is 1.73. The van der Waals surface area contributed by atoms with Crippen molar-refractivity contribution in [3.8, 4) is 17.2 Å². The molecule has 0 aliphatic carbocycles. The summed E-state index contributed by atoms with van der Waals surface area (Å²) in [5, 5.41) is 22.3. The number of esters is 1. The molecular weight excluding hydrogens is 480 g/mol. The summed E-state index contributed by atoms with van der Waals surface area (Å²) in [4.78, 5) is 33.3. The van der Waals surface area contributed by atoms with E-state index in [-0.39, 0.29) is 34.8 Å². The third kappa shape index (κ3) is 6.91. The summed E-state index contributed by atoms with van der Waals surface area (Å²) in [5.74, 6) is 0.425. The largest absolute Gasteiger partial charge is 0.493 e. The topological polar surface area (TPSA) is 131 Å². The van der Waals surface area contributed by atoms with Gasteiger partial charge in [0.1, 0.15) is 5.75 Å². The Morgan fingerprint density at radius 3 is 2.27 bits per heavy atom. The van der Waals surface area contributed by atoms with Gasteiger partial charge in [-0.3, -0.25) is 20.2 Å². The Labute approximate surface area is 213 Å². The summed E-state index contributed by atoms with van der Waals surface area (Å²) in [5.41, 5.74) is 0.822. The number of carbonyl (C=O) groups is 1. The average Bonchev–Trinajstić information content (AvgIpc) is 2.86. The number of para-hydroxylation sites is 1. The maximum absolute atomic E-state index is 12.5. The van der Waals surface area contributed by atoms with Crippen LogP contribution < -0.4 is 14.2 Å². The van der Waals surface area contributed by atoms with E-state index in [0.717, 1.165) is 11.6 Å². The molecule has 37 heavy (non-hydrogen) atoms. The Morgan fingerprint density at radius 2 is 1.62 bits per heavy atom. The molecule has 3 rings (SSSR count). The molecule has 0 atom stereocenters. The third-order valence-electron chi connectivity index (χ3n) is 5.33. The van der Waals surface area contributed by atoms with Gasteiger partial charge < -0.3 is 14.2 Å². The summed E-state index contributed by atoms with van der Waals surface area (Å²) >= 11 is 0. The van der Waals surface area contributed by atoms with E-state index in [4.69, 9.17) is 14.2 Å². The van der Waals surface area contributed by atoms with E-state index in [1.807, 2.05) is 39.0 Å². The van der Waals surface area contributed by atoms with Crippen LogP contribution in [-0.2, 0) is 10.2 Å². The Bertz CT molecular complexity index is 1360. The first-order valence-electron chi connectivity index (χ1n) is 11.2. The number of rotatable bonds is 9. The predicted octanol–water partition coefficient (Wildman–Crippen LogP) is 5.96. The average molecular weight is 507 g/mol. The van der Waals surface area contributed by atoms with Crippen LogP contribution in [0, 0.1) is 20.2 Å². The summed E-state index contributed by atoms with van der Waals surface area (Å²) < 4.78 is 16.5. The highest BCUT2D eigenvalue weighted by molar-refractivity contribution is 5.77. The van der Waals surface area contributed by atoms with Crippen molar-refractivity contribution in [2.24, 2.45) is 0 Å². The van der Waals surface area contributed by atoms with Gasteiger partial charge in [0.05, 0.1) is 28.6 Å². The van der Waals surface area contributed by atoms with Crippen LogP contribution in [0.3, 0.4) is 0 Å². The highest BCUT2D eigenvalue weighted by Crippen LogP contribution is 2.32. The highest BCUT2D eigenvalue weighted by atomic mass is 16.6. The lowest BCUT2D eigenvalue weighted by molar-refractivity contribution is -0.394. The number of hydrogen-bond acceptors (Lipinski definition) is 8. The molecule has 0 aliphatic heterocycles. The second kappa shape index (κ2) is 11.3. The number of ether oxygens (including phenoxy) is 3. The molecule has 0 aliphatic rings. The van der Waals surface area contributed by atoms with Crippen molar-refractivity contribution in [2.45, 2.75) is 26.2 Å². The molecule has 0 heterocycles. The molecule has 0 saturated heterocycles. The summed E-state index contributed by atoms with van der Waals surface area (Å²) in [6.07, 6.45) is 3.04. The van der Waals surface area contributed by atoms with E-state index in [0.29, 0.717) is 11.3 Å². The van der Waals surface area contributed by atoms with Gasteiger partial charge >= 0.3 is 5.97 Å². The van der Waals surface area contributed by atoms with Gasteiger partial charge in [-0.15, -0.1) is 0 Å². The molecule has 0 spiro atoms. The Hall–Kier alpha value is -4.73. The fraction of sp³-hybridized carbons (Fsp3) is 0.222. The van der Waals surface area contributed by atoms with Gasteiger partial charge in [-0.25, -0.2) is 4.79 Å². The minimum atomic E-state index is -0.695. The van der Waals surface area contributed by atoms with Gasteiger partial charge in [-0.05, 0) is 46.9 Å². The van der Waals surface area contributed by atoms with Crippen LogP contribution in [0.15, 0.2) is 60.7 Å². The second-order valence-electron chi connectivity index (χ2n) is 9.01. The quantitative estimate of drug-likeness (QED) is 0.114. The maximum atomic E-state index is 12.5. The number of nitrogens with zero attached hydrogens (tertiary/aromatic N) is 2. The zero-order chi connectivity index (χ0) is 27.2. The zero-order valence-corrected chi connectivity index (χ0v) is 20.8. The van der Waals surface area contributed by atoms with Crippen LogP contribution in [0.2, 0.25) is 0 Å². The van der Waals surface area contributed by atoms with Crippen molar-refractivity contribution < 1.29 is 28.9 Å². The summed E-state index contributed by atoms with van der Waals surface area (Å²) in [6.45, 7) is 5.85. The SMILES string of the molecule is COc1cc(C=Cc2ccc([N+](=O)[O-])cc2[N+](=O)[O-])ccc1OC(=O)COc1ccccc1C(C)(C)C. The molecule has 0 fully saturated rings. The fourth-order valence-corrected chi connectivity index (χ4v) is 3.50. The monoisotopic (exact) mass is 506 g/mol. The third-order valence-corrected chi connectivity index (χ3v) is 5.33. The molecule has 0 bridgehead atoms. The van der Waals surface area contributed by atoms with E-state index in [2.05, 4.69) is 0 Å². The van der Waals surface area contributed by atoms with Gasteiger partial charge in [-0.1, -0.05) is 51.1 Å². The number of nitro benzene ring substituents is 2. The smallest absolute Gasteiger partial charge is 0.349 e. The predicted molar refractivity (Wildman–Crippen MR) is 138 cm³/mol. The molecule has 10 heteroatoms. The molecule has 0 radical (unpaired) electrons. The number of non-ortho nitro benzene ring substituents is 1. The van der Waals surface area contributed by atoms with Gasteiger partial charge in [0.25, 0.3) is 11.4 Å². The number of benzene rings is 3. The van der Waals surface area contributed by atoms with Gasteiger partial charge in [0.2, 0.25) is 0 Å². The molecule has 192 valence electrons. The number of nitro groups is 2. The first-order valence-corrected chi connectivity index (χ1v) is 11.2. The Morgan fingerprint density at radius 1 is 0.892 bits per heavy atom. The summed E-state index contributed by atoms with van der Waals surface area (Å²) in [7, 11) is 1.41. The number of methoxy groups -OCH3 is 1. The zero-order valence-electron chi connectivity index (χ0n) is 20.8. The first kappa shape index (κ1) is 26.9. The molecule has 0 amide bonds. The molecule has 3 aromatic rings.